The third-order valence-corrected chi connectivity index (χ3v) is 7.10. The summed E-state index contributed by atoms with van der Waals surface area (Å²) in [5, 5.41) is 32.5. The number of ether oxygens (including phenoxy) is 1. The molecule has 0 amide bonds. The molecule has 0 aromatic heterocycles. The molecule has 6 heteroatoms. The van der Waals surface area contributed by atoms with E-state index in [4.69, 9.17) is 4.74 Å². The van der Waals surface area contributed by atoms with E-state index in [0.717, 1.165) is 35.1 Å². The van der Waals surface area contributed by atoms with Gasteiger partial charge < -0.3 is 20.1 Å². The van der Waals surface area contributed by atoms with E-state index >= 15 is 0 Å². The van der Waals surface area contributed by atoms with Gasteiger partial charge in [-0.15, -0.1) is 0 Å². The predicted molar refractivity (Wildman–Crippen MR) is 132 cm³/mol. The zero-order chi connectivity index (χ0) is 25.5. The molecule has 0 saturated carbocycles. The first-order valence-corrected chi connectivity index (χ1v) is 12.0. The van der Waals surface area contributed by atoms with Crippen LogP contribution >= 0.6 is 0 Å². The number of esters is 1. The van der Waals surface area contributed by atoms with Crippen LogP contribution in [0.15, 0.2) is 42.5 Å². The quantitative estimate of drug-likeness (QED) is 0.390. The third kappa shape index (κ3) is 3.55. The van der Waals surface area contributed by atoms with Crippen molar-refractivity contribution in [3.8, 4) is 11.5 Å². The summed E-state index contributed by atoms with van der Waals surface area (Å²) in [6, 6.07) is 11.5. The second-order valence-corrected chi connectivity index (χ2v) is 8.75. The number of carboxylic acid groups (broad SMARTS) is 1. The zero-order valence-corrected chi connectivity index (χ0v) is 20.4. The molecule has 0 saturated heterocycles. The van der Waals surface area contributed by atoms with Crippen LogP contribution in [0, 0.1) is 0 Å². The zero-order valence-electron chi connectivity index (χ0n) is 20.4. The maximum Gasteiger partial charge on any atom is 0.340 e. The Hall–Kier alpha value is -3.80. The predicted octanol–water partition coefficient (Wildman–Crippen LogP) is 5.51. The van der Waals surface area contributed by atoms with Crippen molar-refractivity contribution in [2.45, 2.75) is 59.0 Å². The van der Waals surface area contributed by atoms with Gasteiger partial charge in [0.25, 0.3) is 0 Å². The molecule has 0 radical (unpaired) electrons. The van der Waals surface area contributed by atoms with E-state index in [-0.39, 0.29) is 22.6 Å². The second kappa shape index (κ2) is 9.10. The average Bonchev–Trinajstić information content (AvgIpc) is 3.15. The van der Waals surface area contributed by atoms with Gasteiger partial charge >= 0.3 is 11.9 Å². The van der Waals surface area contributed by atoms with Crippen LogP contribution in [-0.4, -0.2) is 27.3 Å². The smallest absolute Gasteiger partial charge is 0.340 e. The first kappa shape index (κ1) is 24.3. The van der Waals surface area contributed by atoms with E-state index in [1.807, 2.05) is 39.8 Å². The number of aromatic hydroxyl groups is 2. The number of aromatic carboxylic acids is 1. The fraction of sp³-hybridized carbons (Fsp3) is 0.310. The van der Waals surface area contributed by atoms with E-state index in [2.05, 4.69) is 0 Å². The lowest BCUT2D eigenvalue weighted by Gasteiger charge is -2.33. The molecule has 35 heavy (non-hydrogen) atoms. The second-order valence-electron chi connectivity index (χ2n) is 8.75. The SMILES string of the molecule is CCc1ccc(C2(c3ccc(CC)c(CC)c3O)OC(=O)c3cc(C(=O)O)ccc32)c(O)c1CC. The van der Waals surface area contributed by atoms with Gasteiger partial charge in [-0.1, -0.05) is 58.0 Å². The van der Waals surface area contributed by atoms with Crippen LogP contribution in [0.1, 0.15) is 87.4 Å². The standard InChI is InChI=1S/C29H30O6/c1-5-16-9-13-23(25(30)19(16)7-3)29(24-14-10-17(6-2)20(8-4)26(24)31)22-12-11-18(27(32)33)15-21(22)28(34)35-29/h9-15,30-31H,5-8H2,1-4H3,(H,32,33). The summed E-state index contributed by atoms with van der Waals surface area (Å²) in [7, 11) is 0. The number of carbonyl (C=O) groups excluding carboxylic acids is 1. The Morgan fingerprint density at radius 1 is 0.771 bits per heavy atom. The molecule has 3 N–H and O–H groups in total. The highest BCUT2D eigenvalue weighted by molar-refractivity contribution is 6.00. The van der Waals surface area contributed by atoms with Crippen LogP contribution in [0.2, 0.25) is 0 Å². The van der Waals surface area contributed by atoms with Gasteiger partial charge in [0.15, 0.2) is 5.60 Å². The Morgan fingerprint density at radius 3 is 1.69 bits per heavy atom. The highest BCUT2D eigenvalue weighted by Gasteiger charge is 2.52. The number of hydrogen-bond donors (Lipinski definition) is 3. The summed E-state index contributed by atoms with van der Waals surface area (Å²) in [6.45, 7) is 7.90. The largest absolute Gasteiger partial charge is 0.507 e. The molecular formula is C29H30O6. The number of phenols is 2. The fourth-order valence-corrected chi connectivity index (χ4v) is 5.32. The van der Waals surface area contributed by atoms with Gasteiger partial charge in [-0.25, -0.2) is 9.59 Å². The molecule has 0 spiro atoms. The number of hydrogen-bond acceptors (Lipinski definition) is 5. The van der Waals surface area contributed by atoms with Crippen molar-refractivity contribution >= 4 is 11.9 Å². The van der Waals surface area contributed by atoms with Crippen LogP contribution < -0.4 is 0 Å². The number of carboxylic acids is 1. The van der Waals surface area contributed by atoms with Crippen LogP contribution in [0.3, 0.4) is 0 Å². The lowest BCUT2D eigenvalue weighted by molar-refractivity contribution is 0.0239. The van der Waals surface area contributed by atoms with E-state index in [1.165, 1.54) is 12.1 Å². The molecule has 4 rings (SSSR count). The van der Waals surface area contributed by atoms with Crippen molar-refractivity contribution < 1.29 is 29.6 Å². The topological polar surface area (TPSA) is 104 Å². The highest BCUT2D eigenvalue weighted by atomic mass is 16.6. The summed E-state index contributed by atoms with van der Waals surface area (Å²) >= 11 is 0. The molecule has 0 atom stereocenters. The molecular weight excluding hydrogens is 444 g/mol. The molecule has 3 aromatic carbocycles. The fourth-order valence-electron chi connectivity index (χ4n) is 5.32. The van der Waals surface area contributed by atoms with E-state index in [1.54, 1.807) is 18.2 Å². The van der Waals surface area contributed by atoms with E-state index in [9.17, 15) is 24.9 Å². The summed E-state index contributed by atoms with van der Waals surface area (Å²) in [5.41, 5.74) is 2.93. The van der Waals surface area contributed by atoms with Crippen LogP contribution in [0.5, 0.6) is 11.5 Å². The number of carbonyl (C=O) groups is 2. The van der Waals surface area contributed by atoms with E-state index < -0.39 is 17.5 Å². The Kier molecular flexibility index (Phi) is 6.32. The molecule has 0 fully saturated rings. The van der Waals surface area contributed by atoms with Gasteiger partial charge in [0.05, 0.1) is 11.1 Å². The number of rotatable bonds is 7. The molecule has 0 unspecified atom stereocenters. The van der Waals surface area contributed by atoms with Gasteiger partial charge in [-0.2, -0.15) is 0 Å². The van der Waals surface area contributed by atoms with Crippen LogP contribution in [0.4, 0.5) is 0 Å². The van der Waals surface area contributed by atoms with Crippen molar-refractivity contribution in [1.29, 1.82) is 0 Å². The van der Waals surface area contributed by atoms with Gasteiger partial charge in [0.2, 0.25) is 0 Å². The molecule has 1 aliphatic heterocycles. The van der Waals surface area contributed by atoms with Gasteiger partial charge in [0, 0.05) is 16.7 Å². The molecule has 1 aliphatic rings. The number of benzene rings is 3. The Bertz CT molecular complexity index is 1280. The molecule has 1 heterocycles. The monoisotopic (exact) mass is 474 g/mol. The Morgan fingerprint density at radius 2 is 1.26 bits per heavy atom. The minimum absolute atomic E-state index is 0.00632. The lowest BCUT2D eigenvalue weighted by atomic mass is 9.76. The minimum atomic E-state index is -1.63. The van der Waals surface area contributed by atoms with Crippen molar-refractivity contribution in [3.63, 3.8) is 0 Å². The summed E-state index contributed by atoms with van der Waals surface area (Å²) in [6.07, 6.45) is 2.58. The summed E-state index contributed by atoms with van der Waals surface area (Å²) in [4.78, 5) is 24.8. The molecule has 0 bridgehead atoms. The van der Waals surface area contributed by atoms with E-state index in [0.29, 0.717) is 29.5 Å². The van der Waals surface area contributed by atoms with Crippen LogP contribution in [0.25, 0.3) is 0 Å². The lowest BCUT2D eigenvalue weighted by Crippen LogP contribution is -2.30. The van der Waals surface area contributed by atoms with Crippen LogP contribution in [-0.2, 0) is 36.0 Å². The first-order valence-electron chi connectivity index (χ1n) is 12.0. The average molecular weight is 475 g/mol. The first-order chi connectivity index (χ1) is 16.7. The van der Waals surface area contributed by atoms with Gasteiger partial charge in [-0.3, -0.25) is 0 Å². The Labute approximate surface area is 204 Å². The molecule has 182 valence electrons. The van der Waals surface area contributed by atoms with Gasteiger partial charge in [-0.05, 0) is 60.1 Å². The molecule has 3 aromatic rings. The third-order valence-electron chi connectivity index (χ3n) is 7.10. The summed E-state index contributed by atoms with van der Waals surface area (Å²) < 4.78 is 6.08. The number of phenolic OH excluding ortho intramolecular Hbond substituents is 2. The highest BCUT2D eigenvalue weighted by Crippen LogP contribution is 2.53. The van der Waals surface area contributed by atoms with Crippen molar-refractivity contribution in [2.24, 2.45) is 0 Å². The number of aryl methyl sites for hydroxylation is 2. The number of fused-ring (bicyclic) bond motifs is 1. The number of cyclic esters (lactones) is 1. The molecule has 6 nitrogen and oxygen atoms in total. The van der Waals surface area contributed by atoms with Crippen molar-refractivity contribution in [2.75, 3.05) is 0 Å². The van der Waals surface area contributed by atoms with Crippen molar-refractivity contribution in [1.82, 2.24) is 0 Å². The maximum atomic E-state index is 13.2. The normalized spacial score (nSPS) is 14.0. The summed E-state index contributed by atoms with van der Waals surface area (Å²) in [5.74, 6) is -1.86. The van der Waals surface area contributed by atoms with Gasteiger partial charge in [0.1, 0.15) is 11.5 Å². The van der Waals surface area contributed by atoms with Crippen molar-refractivity contribution in [3.05, 3.63) is 92.5 Å². The minimum Gasteiger partial charge on any atom is -0.507 e. The molecule has 0 aliphatic carbocycles. The Balaban J connectivity index is 2.14. The maximum absolute atomic E-state index is 13.2.